The normalized spacial score (nSPS) is 13.3. The molecule has 1 aromatic rings. The molecule has 0 aliphatic carbocycles. The van der Waals surface area contributed by atoms with Crippen molar-refractivity contribution in [2.45, 2.75) is 25.8 Å². The lowest BCUT2D eigenvalue weighted by Gasteiger charge is -2.23. The molecule has 0 fully saturated rings. The van der Waals surface area contributed by atoms with Crippen LogP contribution in [0.5, 0.6) is 5.75 Å². The molecule has 0 aromatic heterocycles. The zero-order valence-electron chi connectivity index (χ0n) is 11.4. The molecule has 0 aliphatic heterocycles. The van der Waals surface area contributed by atoms with Crippen LogP contribution in [0, 0.1) is 27.3 Å². The highest BCUT2D eigenvalue weighted by atomic mass is 19.1. The average Bonchev–Trinajstić information content (AvgIpc) is 2.42. The van der Waals surface area contributed by atoms with E-state index < -0.39 is 16.3 Å². The van der Waals surface area contributed by atoms with Gasteiger partial charge in [-0.05, 0) is 26.0 Å². The Balaban J connectivity index is 2.85. The van der Waals surface area contributed by atoms with Crippen LogP contribution in [0.4, 0.5) is 10.1 Å². The third-order valence-electron chi connectivity index (χ3n) is 2.65. The van der Waals surface area contributed by atoms with E-state index in [9.17, 15) is 14.5 Å². The van der Waals surface area contributed by atoms with Crippen LogP contribution in [0.15, 0.2) is 18.2 Å². The van der Waals surface area contributed by atoms with Gasteiger partial charge in [-0.15, -0.1) is 0 Å². The number of nitrogens with zero attached hydrogens (tertiary/aromatic N) is 2. The van der Waals surface area contributed by atoms with Gasteiger partial charge in [0.15, 0.2) is 5.75 Å². The number of nitriles is 1. The van der Waals surface area contributed by atoms with E-state index in [0.29, 0.717) is 6.54 Å². The summed E-state index contributed by atoms with van der Waals surface area (Å²) in [5.41, 5.74) is -1.32. The van der Waals surface area contributed by atoms with Crippen molar-refractivity contribution in [2.24, 2.45) is 0 Å². The lowest BCUT2D eigenvalue weighted by Crippen LogP contribution is -2.46. The molecule has 1 N–H and O–H groups in total. The van der Waals surface area contributed by atoms with Crippen LogP contribution in [-0.4, -0.2) is 23.6 Å². The molecule has 0 saturated heterocycles. The van der Waals surface area contributed by atoms with Gasteiger partial charge in [-0.2, -0.15) is 5.26 Å². The second-order valence-corrected chi connectivity index (χ2v) is 4.53. The van der Waals surface area contributed by atoms with E-state index in [4.69, 9.17) is 10.00 Å². The van der Waals surface area contributed by atoms with Crippen molar-refractivity contribution in [3.63, 3.8) is 0 Å². The van der Waals surface area contributed by atoms with Gasteiger partial charge in [0.25, 0.3) is 0 Å². The predicted molar refractivity (Wildman–Crippen MR) is 70.9 cm³/mol. The first-order valence-electron chi connectivity index (χ1n) is 6.15. The number of ether oxygens (including phenoxy) is 1. The molecular formula is C13H16FN3O3. The van der Waals surface area contributed by atoms with Crippen molar-refractivity contribution in [2.75, 3.05) is 13.2 Å². The van der Waals surface area contributed by atoms with Crippen LogP contribution >= 0.6 is 0 Å². The van der Waals surface area contributed by atoms with Crippen LogP contribution in [0.3, 0.4) is 0 Å². The molecule has 7 heteroatoms. The first-order chi connectivity index (χ1) is 9.41. The van der Waals surface area contributed by atoms with Crippen molar-refractivity contribution < 1.29 is 14.1 Å². The maximum Gasteiger partial charge on any atom is 0.311 e. The summed E-state index contributed by atoms with van der Waals surface area (Å²) in [6, 6.07) is 5.01. The third kappa shape index (κ3) is 4.17. The summed E-state index contributed by atoms with van der Waals surface area (Å²) in [6.07, 6.45) is 0.831. The first-order valence-corrected chi connectivity index (χ1v) is 6.15. The number of hydrogen-bond acceptors (Lipinski definition) is 5. The molecule has 20 heavy (non-hydrogen) atoms. The van der Waals surface area contributed by atoms with Crippen LogP contribution in [-0.2, 0) is 0 Å². The SMILES string of the molecule is CCCNC(C)(C#N)COc1cc(F)ccc1[N+](=O)[O-]. The van der Waals surface area contributed by atoms with Crippen molar-refractivity contribution in [3.8, 4) is 11.8 Å². The minimum Gasteiger partial charge on any atom is -0.484 e. The topological polar surface area (TPSA) is 88.2 Å². The van der Waals surface area contributed by atoms with Crippen molar-refractivity contribution in [1.82, 2.24) is 5.32 Å². The number of nitro benzene ring substituents is 1. The number of rotatable bonds is 7. The maximum absolute atomic E-state index is 13.1. The summed E-state index contributed by atoms with van der Waals surface area (Å²) >= 11 is 0. The zero-order valence-corrected chi connectivity index (χ0v) is 11.4. The van der Waals surface area contributed by atoms with Gasteiger partial charge in [0.1, 0.15) is 18.0 Å². The lowest BCUT2D eigenvalue weighted by molar-refractivity contribution is -0.386. The Labute approximate surface area is 116 Å². The maximum atomic E-state index is 13.1. The number of nitro groups is 1. The highest BCUT2D eigenvalue weighted by Crippen LogP contribution is 2.28. The van der Waals surface area contributed by atoms with Gasteiger partial charge >= 0.3 is 5.69 Å². The Morgan fingerprint density at radius 1 is 1.60 bits per heavy atom. The van der Waals surface area contributed by atoms with Gasteiger partial charge in [-0.25, -0.2) is 4.39 Å². The molecule has 6 nitrogen and oxygen atoms in total. The van der Waals surface area contributed by atoms with Crippen LogP contribution in [0.2, 0.25) is 0 Å². The molecule has 0 aliphatic rings. The Morgan fingerprint density at radius 3 is 2.85 bits per heavy atom. The van der Waals surface area contributed by atoms with Crippen molar-refractivity contribution >= 4 is 5.69 Å². The molecule has 0 radical (unpaired) electrons. The van der Waals surface area contributed by atoms with E-state index in [-0.39, 0.29) is 18.0 Å². The van der Waals surface area contributed by atoms with Gasteiger partial charge in [-0.1, -0.05) is 6.92 Å². The molecular weight excluding hydrogens is 265 g/mol. The summed E-state index contributed by atoms with van der Waals surface area (Å²) in [4.78, 5) is 10.2. The Morgan fingerprint density at radius 2 is 2.30 bits per heavy atom. The molecule has 0 bridgehead atoms. The van der Waals surface area contributed by atoms with Gasteiger partial charge in [0.05, 0.1) is 11.0 Å². The summed E-state index contributed by atoms with van der Waals surface area (Å²) in [5, 5.41) is 22.9. The molecule has 1 rings (SSSR count). The fourth-order valence-corrected chi connectivity index (χ4v) is 1.50. The fourth-order valence-electron chi connectivity index (χ4n) is 1.50. The molecule has 0 saturated carbocycles. The minimum atomic E-state index is -0.990. The Kier molecular flexibility index (Phi) is 5.41. The average molecular weight is 281 g/mol. The first kappa shape index (κ1) is 15.9. The molecule has 1 aromatic carbocycles. The molecule has 0 spiro atoms. The Bertz CT molecular complexity index is 530. The fraction of sp³-hybridized carbons (Fsp3) is 0.462. The number of halogens is 1. The van der Waals surface area contributed by atoms with Crippen molar-refractivity contribution in [1.29, 1.82) is 5.26 Å². The largest absolute Gasteiger partial charge is 0.484 e. The van der Waals surface area contributed by atoms with Crippen LogP contribution in [0.1, 0.15) is 20.3 Å². The van der Waals surface area contributed by atoms with E-state index in [1.807, 2.05) is 13.0 Å². The Hall–Kier alpha value is -2.20. The number of nitrogens with one attached hydrogen (secondary N) is 1. The van der Waals surface area contributed by atoms with E-state index >= 15 is 0 Å². The summed E-state index contributed by atoms with van der Waals surface area (Å²) in [6.45, 7) is 4.06. The lowest BCUT2D eigenvalue weighted by atomic mass is 10.1. The molecule has 0 amide bonds. The molecule has 0 heterocycles. The van der Waals surface area contributed by atoms with E-state index in [2.05, 4.69) is 5.32 Å². The smallest absolute Gasteiger partial charge is 0.311 e. The summed E-state index contributed by atoms with van der Waals surface area (Å²) in [7, 11) is 0. The van der Waals surface area contributed by atoms with Crippen LogP contribution < -0.4 is 10.1 Å². The zero-order chi connectivity index (χ0) is 15.2. The van der Waals surface area contributed by atoms with Gasteiger partial charge < -0.3 is 4.74 Å². The standard InChI is InChI=1S/C13H16FN3O3/c1-3-6-16-13(2,8-15)9-20-12-7-10(14)4-5-11(12)17(18)19/h4-5,7,16H,3,6,9H2,1-2H3. The highest BCUT2D eigenvalue weighted by molar-refractivity contribution is 5.46. The van der Waals surface area contributed by atoms with Crippen LogP contribution in [0.25, 0.3) is 0 Å². The predicted octanol–water partition coefficient (Wildman–Crippen LogP) is 2.39. The summed E-state index contributed by atoms with van der Waals surface area (Å²) < 4.78 is 18.4. The van der Waals surface area contributed by atoms with Crippen molar-refractivity contribution in [3.05, 3.63) is 34.1 Å². The van der Waals surface area contributed by atoms with Gasteiger partial charge in [-0.3, -0.25) is 15.4 Å². The number of benzene rings is 1. The summed E-state index contributed by atoms with van der Waals surface area (Å²) in [5.74, 6) is -0.819. The number of hydrogen-bond donors (Lipinski definition) is 1. The van der Waals surface area contributed by atoms with E-state index in [1.54, 1.807) is 6.92 Å². The van der Waals surface area contributed by atoms with E-state index in [1.165, 1.54) is 0 Å². The molecule has 108 valence electrons. The quantitative estimate of drug-likeness (QED) is 0.612. The van der Waals surface area contributed by atoms with E-state index in [0.717, 1.165) is 24.6 Å². The second-order valence-electron chi connectivity index (χ2n) is 4.53. The van der Waals surface area contributed by atoms with Gasteiger partial charge in [0.2, 0.25) is 0 Å². The minimum absolute atomic E-state index is 0.117. The highest BCUT2D eigenvalue weighted by Gasteiger charge is 2.26. The van der Waals surface area contributed by atoms with Gasteiger partial charge in [0, 0.05) is 12.1 Å². The molecule has 1 atom stereocenters. The third-order valence-corrected chi connectivity index (χ3v) is 2.65. The second kappa shape index (κ2) is 6.82. The molecule has 1 unspecified atom stereocenters. The monoisotopic (exact) mass is 281 g/mol.